The number of hydrogen-bond acceptors (Lipinski definition) is 4. The van der Waals surface area contributed by atoms with Gasteiger partial charge >= 0.3 is 0 Å². The monoisotopic (exact) mass is 178 g/mol. The van der Waals surface area contributed by atoms with Gasteiger partial charge in [-0.25, -0.2) is 0 Å². The number of ether oxygens (including phenoxy) is 1. The van der Waals surface area contributed by atoms with Crippen LogP contribution in [0.2, 0.25) is 0 Å². The summed E-state index contributed by atoms with van der Waals surface area (Å²) in [6.45, 7) is 0. The highest BCUT2D eigenvalue weighted by Gasteiger charge is 2.43. The van der Waals surface area contributed by atoms with Gasteiger partial charge in [0.15, 0.2) is 0 Å². The summed E-state index contributed by atoms with van der Waals surface area (Å²) in [7, 11) is 2.55. The standard InChI is InChI=1S/C6H10O2S2/c1-8-6(3-2-4-6)5(7)10-9/h9H,2-4H2,1H3. The summed E-state index contributed by atoms with van der Waals surface area (Å²) in [6.07, 6.45) is 2.81. The molecule has 0 heterocycles. The summed E-state index contributed by atoms with van der Waals surface area (Å²) in [5.41, 5.74) is -0.480. The molecule has 1 fully saturated rings. The van der Waals surface area contributed by atoms with E-state index in [1.807, 2.05) is 0 Å². The van der Waals surface area contributed by atoms with Gasteiger partial charge in [-0.15, -0.1) is 11.7 Å². The quantitative estimate of drug-likeness (QED) is 0.514. The normalized spacial score (nSPS) is 21.8. The van der Waals surface area contributed by atoms with Gasteiger partial charge in [0.1, 0.15) is 5.60 Å². The zero-order valence-corrected chi connectivity index (χ0v) is 7.50. The molecule has 1 saturated carbocycles. The molecular weight excluding hydrogens is 168 g/mol. The molecule has 0 aliphatic heterocycles. The molecule has 1 rings (SSSR count). The molecule has 1 aliphatic carbocycles. The molecule has 58 valence electrons. The fourth-order valence-electron chi connectivity index (χ4n) is 1.07. The van der Waals surface area contributed by atoms with Crippen molar-refractivity contribution in [3.05, 3.63) is 0 Å². The van der Waals surface area contributed by atoms with E-state index in [2.05, 4.69) is 11.7 Å². The molecule has 0 bridgehead atoms. The Kier molecular flexibility index (Phi) is 2.66. The van der Waals surface area contributed by atoms with Crippen LogP contribution in [0.1, 0.15) is 19.3 Å². The Bertz CT molecular complexity index is 137. The molecular formula is C6H10O2S2. The van der Waals surface area contributed by atoms with Crippen molar-refractivity contribution in [1.82, 2.24) is 0 Å². The molecule has 0 aromatic rings. The second kappa shape index (κ2) is 3.15. The molecule has 0 N–H and O–H groups in total. The first kappa shape index (κ1) is 8.43. The SMILES string of the molecule is COC1(C(=O)SS)CCC1. The van der Waals surface area contributed by atoms with Crippen LogP contribution in [0.25, 0.3) is 0 Å². The Morgan fingerprint density at radius 3 is 2.40 bits per heavy atom. The fraction of sp³-hybridized carbons (Fsp3) is 0.833. The van der Waals surface area contributed by atoms with Crippen molar-refractivity contribution in [2.45, 2.75) is 24.9 Å². The lowest BCUT2D eigenvalue weighted by Crippen LogP contribution is -2.45. The first-order valence-corrected chi connectivity index (χ1v) is 5.03. The maximum absolute atomic E-state index is 11.1. The van der Waals surface area contributed by atoms with Gasteiger partial charge in [0.2, 0.25) is 5.12 Å². The van der Waals surface area contributed by atoms with Gasteiger partial charge < -0.3 is 4.74 Å². The molecule has 2 nitrogen and oxygen atoms in total. The van der Waals surface area contributed by atoms with Gasteiger partial charge in [-0.1, -0.05) is 0 Å². The molecule has 0 unspecified atom stereocenters. The van der Waals surface area contributed by atoms with E-state index in [0.717, 1.165) is 30.1 Å². The van der Waals surface area contributed by atoms with Crippen LogP contribution < -0.4 is 0 Å². The summed E-state index contributed by atoms with van der Waals surface area (Å²) in [5, 5.41) is 0.0459. The molecule has 10 heavy (non-hydrogen) atoms. The Labute approximate surface area is 69.5 Å². The van der Waals surface area contributed by atoms with E-state index in [1.165, 1.54) is 0 Å². The van der Waals surface area contributed by atoms with Gasteiger partial charge in [0.05, 0.1) is 0 Å². The lowest BCUT2D eigenvalue weighted by molar-refractivity contribution is -0.141. The van der Waals surface area contributed by atoms with E-state index < -0.39 is 5.60 Å². The molecule has 0 atom stereocenters. The number of carbonyl (C=O) groups is 1. The maximum atomic E-state index is 11.1. The topological polar surface area (TPSA) is 26.3 Å². The molecule has 0 spiro atoms. The summed E-state index contributed by atoms with van der Waals surface area (Å²) in [4.78, 5) is 11.1. The molecule has 0 saturated heterocycles. The Hall–Kier alpha value is 0.330. The van der Waals surface area contributed by atoms with Crippen LogP contribution in [-0.4, -0.2) is 17.8 Å². The van der Waals surface area contributed by atoms with Crippen LogP contribution in [0.15, 0.2) is 0 Å². The lowest BCUT2D eigenvalue weighted by atomic mass is 9.81. The second-order valence-electron chi connectivity index (χ2n) is 2.43. The fourth-order valence-corrected chi connectivity index (χ4v) is 2.03. The molecule has 0 aromatic heterocycles. The van der Waals surface area contributed by atoms with Crippen molar-refractivity contribution in [3.8, 4) is 0 Å². The zero-order chi connectivity index (χ0) is 7.61. The first-order valence-electron chi connectivity index (χ1n) is 3.16. The highest BCUT2D eigenvalue weighted by atomic mass is 33.1. The predicted molar refractivity (Wildman–Crippen MR) is 45.2 cm³/mol. The predicted octanol–water partition coefficient (Wildman–Crippen LogP) is 1.66. The minimum absolute atomic E-state index is 0.0459. The highest BCUT2D eigenvalue weighted by Crippen LogP contribution is 2.39. The average Bonchev–Trinajstić information content (AvgIpc) is 1.86. The van der Waals surface area contributed by atoms with Crippen LogP contribution in [0.4, 0.5) is 0 Å². The van der Waals surface area contributed by atoms with Crippen LogP contribution in [0.5, 0.6) is 0 Å². The number of hydrogen-bond donors (Lipinski definition) is 1. The number of methoxy groups -OCH3 is 1. The third kappa shape index (κ3) is 1.20. The molecule has 0 amide bonds. The largest absolute Gasteiger partial charge is 0.369 e. The van der Waals surface area contributed by atoms with E-state index in [1.54, 1.807) is 7.11 Å². The average molecular weight is 178 g/mol. The third-order valence-corrected chi connectivity index (χ3v) is 3.04. The van der Waals surface area contributed by atoms with Crippen molar-refractivity contribution in [1.29, 1.82) is 0 Å². The zero-order valence-electron chi connectivity index (χ0n) is 5.79. The molecule has 0 aromatic carbocycles. The molecule has 1 aliphatic rings. The number of carbonyl (C=O) groups excluding carboxylic acids is 1. The van der Waals surface area contributed by atoms with Crippen LogP contribution in [0, 0.1) is 0 Å². The van der Waals surface area contributed by atoms with Gasteiger partial charge in [0.25, 0.3) is 0 Å². The molecule has 4 heteroatoms. The van der Waals surface area contributed by atoms with Crippen molar-refractivity contribution in [3.63, 3.8) is 0 Å². The number of thiol groups is 1. The van der Waals surface area contributed by atoms with Crippen molar-refractivity contribution in [2.75, 3.05) is 7.11 Å². The van der Waals surface area contributed by atoms with Gasteiger partial charge in [0, 0.05) is 7.11 Å². The maximum Gasteiger partial charge on any atom is 0.230 e. The van der Waals surface area contributed by atoms with E-state index in [9.17, 15) is 4.79 Å². The third-order valence-electron chi connectivity index (χ3n) is 2.01. The summed E-state index contributed by atoms with van der Waals surface area (Å²) < 4.78 is 5.11. The number of rotatable bonds is 2. The Morgan fingerprint density at radius 1 is 1.70 bits per heavy atom. The van der Waals surface area contributed by atoms with E-state index in [0.29, 0.717) is 0 Å². The van der Waals surface area contributed by atoms with Crippen molar-refractivity contribution < 1.29 is 9.53 Å². The van der Waals surface area contributed by atoms with E-state index in [-0.39, 0.29) is 5.12 Å². The summed E-state index contributed by atoms with van der Waals surface area (Å²) in [6, 6.07) is 0. The lowest BCUT2D eigenvalue weighted by Gasteiger charge is -2.37. The summed E-state index contributed by atoms with van der Waals surface area (Å²) >= 11 is 3.84. The van der Waals surface area contributed by atoms with Crippen molar-refractivity contribution in [2.24, 2.45) is 0 Å². The Morgan fingerprint density at radius 2 is 2.30 bits per heavy atom. The highest BCUT2D eigenvalue weighted by molar-refractivity contribution is 8.74. The summed E-state index contributed by atoms with van der Waals surface area (Å²) in [5.74, 6) is 0. The minimum Gasteiger partial charge on any atom is -0.369 e. The van der Waals surface area contributed by atoms with Gasteiger partial charge in [-0.2, -0.15) is 0 Å². The Balaban J connectivity index is 2.55. The van der Waals surface area contributed by atoms with Crippen molar-refractivity contribution >= 4 is 27.6 Å². The van der Waals surface area contributed by atoms with Gasteiger partial charge in [-0.05, 0) is 30.1 Å². The second-order valence-corrected chi connectivity index (χ2v) is 3.53. The van der Waals surface area contributed by atoms with Crippen LogP contribution in [-0.2, 0) is 9.53 Å². The first-order chi connectivity index (χ1) is 4.75. The smallest absolute Gasteiger partial charge is 0.230 e. The molecule has 0 radical (unpaired) electrons. The minimum atomic E-state index is -0.480. The van der Waals surface area contributed by atoms with E-state index in [4.69, 9.17) is 4.74 Å². The van der Waals surface area contributed by atoms with Crippen LogP contribution >= 0.6 is 22.5 Å². The van der Waals surface area contributed by atoms with E-state index >= 15 is 0 Å². The van der Waals surface area contributed by atoms with Crippen LogP contribution in [0.3, 0.4) is 0 Å². The van der Waals surface area contributed by atoms with Gasteiger partial charge in [-0.3, -0.25) is 4.79 Å².